The van der Waals surface area contributed by atoms with E-state index in [1.54, 1.807) is 12.4 Å². The second-order valence-electron chi connectivity index (χ2n) is 5.86. The second-order valence-corrected chi connectivity index (χ2v) is 5.86. The molecule has 2 saturated heterocycles. The molecule has 2 N–H and O–H groups in total. The van der Waals surface area contributed by atoms with Crippen LogP contribution in [0, 0.1) is 0 Å². The number of hydrogen-bond acceptors (Lipinski definition) is 4. The highest BCUT2D eigenvalue weighted by molar-refractivity contribution is 5.33. The van der Waals surface area contributed by atoms with Gasteiger partial charge in [-0.2, -0.15) is 0 Å². The number of nitrogens with one attached hydrogen (secondary N) is 1. The summed E-state index contributed by atoms with van der Waals surface area (Å²) in [5.74, 6) is 0.662. The first kappa shape index (κ1) is 11.4. The van der Waals surface area contributed by atoms with E-state index < -0.39 is 5.60 Å². The molecule has 2 aromatic heterocycles. The maximum atomic E-state index is 11.1. The molecule has 4 rings (SSSR count). The van der Waals surface area contributed by atoms with Gasteiger partial charge in [-0.15, -0.1) is 0 Å². The Balaban J connectivity index is 1.78. The molecule has 0 amide bonds. The molecule has 2 atom stereocenters. The number of piperidine rings is 2. The SMILES string of the molecule is OC1(c2cnc3ncccn23)CC2CCCC(C1)N2. The van der Waals surface area contributed by atoms with Gasteiger partial charge in [0.2, 0.25) is 5.78 Å². The Morgan fingerprint density at radius 3 is 2.84 bits per heavy atom. The molecule has 5 heteroatoms. The number of fused-ring (bicyclic) bond motifs is 3. The fourth-order valence-corrected chi connectivity index (χ4v) is 3.71. The Morgan fingerprint density at radius 1 is 1.26 bits per heavy atom. The number of imidazole rings is 1. The van der Waals surface area contributed by atoms with Gasteiger partial charge in [-0.1, -0.05) is 6.42 Å². The van der Waals surface area contributed by atoms with Crippen LogP contribution in [-0.2, 0) is 5.60 Å². The summed E-state index contributed by atoms with van der Waals surface area (Å²) < 4.78 is 1.92. The minimum Gasteiger partial charge on any atom is -0.383 e. The molecular formula is C14H18N4O. The van der Waals surface area contributed by atoms with Crippen molar-refractivity contribution < 1.29 is 5.11 Å². The predicted molar refractivity (Wildman–Crippen MR) is 70.7 cm³/mol. The summed E-state index contributed by atoms with van der Waals surface area (Å²) in [5, 5.41) is 14.7. The third-order valence-corrected chi connectivity index (χ3v) is 4.51. The van der Waals surface area contributed by atoms with Crippen LogP contribution in [0.5, 0.6) is 0 Å². The number of rotatable bonds is 1. The first-order chi connectivity index (χ1) is 9.24. The van der Waals surface area contributed by atoms with Crippen molar-refractivity contribution in [2.24, 2.45) is 0 Å². The molecule has 0 saturated carbocycles. The van der Waals surface area contributed by atoms with Crippen LogP contribution in [0.4, 0.5) is 0 Å². The van der Waals surface area contributed by atoms with E-state index >= 15 is 0 Å². The molecule has 0 spiro atoms. The van der Waals surface area contributed by atoms with Gasteiger partial charge in [0, 0.05) is 24.5 Å². The van der Waals surface area contributed by atoms with Crippen LogP contribution in [0.1, 0.15) is 37.8 Å². The summed E-state index contributed by atoms with van der Waals surface area (Å²) in [6, 6.07) is 2.74. The fourth-order valence-electron chi connectivity index (χ4n) is 3.71. The summed E-state index contributed by atoms with van der Waals surface area (Å²) >= 11 is 0. The standard InChI is InChI=1S/C14H18N4O/c19-14(7-10-3-1-4-11(8-14)17-10)12-9-16-13-15-5-2-6-18(12)13/h2,5-6,9-11,17,19H,1,3-4,7-8H2. The highest BCUT2D eigenvalue weighted by Crippen LogP contribution is 2.39. The number of aromatic nitrogens is 3. The lowest BCUT2D eigenvalue weighted by Gasteiger charge is -2.45. The lowest BCUT2D eigenvalue weighted by molar-refractivity contribution is -0.0398. The van der Waals surface area contributed by atoms with Crippen molar-refractivity contribution in [1.29, 1.82) is 0 Å². The van der Waals surface area contributed by atoms with E-state index in [-0.39, 0.29) is 0 Å². The first-order valence-corrected chi connectivity index (χ1v) is 7.02. The monoisotopic (exact) mass is 258 g/mol. The van der Waals surface area contributed by atoms with Crippen molar-refractivity contribution in [2.75, 3.05) is 0 Å². The van der Waals surface area contributed by atoms with Crippen LogP contribution >= 0.6 is 0 Å². The lowest BCUT2D eigenvalue weighted by Crippen LogP contribution is -2.54. The van der Waals surface area contributed by atoms with E-state index in [1.807, 2.05) is 16.7 Å². The summed E-state index contributed by atoms with van der Waals surface area (Å²) in [7, 11) is 0. The van der Waals surface area contributed by atoms with Crippen molar-refractivity contribution in [2.45, 2.75) is 49.8 Å². The number of nitrogens with zero attached hydrogens (tertiary/aromatic N) is 3. The molecule has 0 radical (unpaired) electrons. The molecule has 2 unspecified atom stereocenters. The smallest absolute Gasteiger partial charge is 0.233 e. The molecule has 2 fully saturated rings. The van der Waals surface area contributed by atoms with Gasteiger partial charge in [0.1, 0.15) is 5.60 Å². The molecule has 5 nitrogen and oxygen atoms in total. The molecule has 19 heavy (non-hydrogen) atoms. The zero-order chi connectivity index (χ0) is 12.9. The van der Waals surface area contributed by atoms with Crippen LogP contribution in [0.3, 0.4) is 0 Å². The topological polar surface area (TPSA) is 62.5 Å². The molecular weight excluding hydrogens is 240 g/mol. The third kappa shape index (κ3) is 1.76. The van der Waals surface area contributed by atoms with Crippen molar-refractivity contribution in [3.63, 3.8) is 0 Å². The van der Waals surface area contributed by atoms with Gasteiger partial charge in [0.15, 0.2) is 0 Å². The molecule has 2 aliphatic heterocycles. The Kier molecular flexibility index (Phi) is 2.40. The predicted octanol–water partition coefficient (Wildman–Crippen LogP) is 1.22. The van der Waals surface area contributed by atoms with E-state index in [2.05, 4.69) is 15.3 Å². The van der Waals surface area contributed by atoms with Gasteiger partial charge in [0.25, 0.3) is 0 Å². The number of hydrogen-bond donors (Lipinski definition) is 2. The average Bonchev–Trinajstić information content (AvgIpc) is 2.82. The van der Waals surface area contributed by atoms with E-state index in [4.69, 9.17) is 0 Å². The van der Waals surface area contributed by atoms with E-state index in [1.165, 1.54) is 6.42 Å². The van der Waals surface area contributed by atoms with Crippen LogP contribution in [-0.4, -0.2) is 31.6 Å². The average molecular weight is 258 g/mol. The minimum atomic E-state index is -0.774. The Labute approximate surface area is 111 Å². The fraction of sp³-hybridized carbons (Fsp3) is 0.571. The Bertz CT molecular complexity index is 596. The summed E-state index contributed by atoms with van der Waals surface area (Å²) in [4.78, 5) is 8.53. The highest BCUT2D eigenvalue weighted by atomic mass is 16.3. The minimum absolute atomic E-state index is 0.430. The summed E-state index contributed by atoms with van der Waals surface area (Å²) in [5.41, 5.74) is 0.109. The Hall–Kier alpha value is -1.46. The first-order valence-electron chi connectivity index (χ1n) is 7.02. The van der Waals surface area contributed by atoms with Gasteiger partial charge in [-0.25, -0.2) is 9.97 Å². The second kappa shape index (κ2) is 4.02. The van der Waals surface area contributed by atoms with Crippen LogP contribution in [0.2, 0.25) is 0 Å². The van der Waals surface area contributed by atoms with Crippen LogP contribution in [0.15, 0.2) is 24.7 Å². The lowest BCUT2D eigenvalue weighted by atomic mass is 9.76. The molecule has 0 aromatic carbocycles. The zero-order valence-corrected chi connectivity index (χ0v) is 10.8. The molecule has 0 aliphatic carbocycles. The summed E-state index contributed by atoms with van der Waals surface area (Å²) in [6.45, 7) is 0. The van der Waals surface area contributed by atoms with Gasteiger partial charge in [0.05, 0.1) is 11.9 Å². The Morgan fingerprint density at radius 2 is 2.05 bits per heavy atom. The van der Waals surface area contributed by atoms with Crippen LogP contribution in [0.25, 0.3) is 5.78 Å². The van der Waals surface area contributed by atoms with Crippen molar-refractivity contribution in [1.82, 2.24) is 19.7 Å². The van der Waals surface area contributed by atoms with Gasteiger partial charge in [-0.05, 0) is 31.7 Å². The maximum Gasteiger partial charge on any atom is 0.233 e. The number of aliphatic hydroxyl groups is 1. The highest BCUT2D eigenvalue weighted by Gasteiger charge is 2.43. The van der Waals surface area contributed by atoms with Crippen LogP contribution < -0.4 is 5.32 Å². The van der Waals surface area contributed by atoms with Gasteiger partial charge < -0.3 is 10.4 Å². The van der Waals surface area contributed by atoms with E-state index in [0.29, 0.717) is 17.9 Å². The van der Waals surface area contributed by atoms with Gasteiger partial charge >= 0.3 is 0 Å². The third-order valence-electron chi connectivity index (χ3n) is 4.51. The van der Waals surface area contributed by atoms with Crippen molar-refractivity contribution in [3.05, 3.63) is 30.4 Å². The maximum absolute atomic E-state index is 11.1. The molecule has 2 aromatic rings. The van der Waals surface area contributed by atoms with E-state index in [0.717, 1.165) is 31.4 Å². The molecule has 2 bridgehead atoms. The molecule has 2 aliphatic rings. The summed E-state index contributed by atoms with van der Waals surface area (Å²) in [6.07, 6.45) is 10.6. The molecule has 4 heterocycles. The normalized spacial score (nSPS) is 34.6. The van der Waals surface area contributed by atoms with Crippen molar-refractivity contribution >= 4 is 5.78 Å². The largest absolute Gasteiger partial charge is 0.383 e. The van der Waals surface area contributed by atoms with Crippen molar-refractivity contribution in [3.8, 4) is 0 Å². The van der Waals surface area contributed by atoms with E-state index in [9.17, 15) is 5.11 Å². The van der Waals surface area contributed by atoms with Gasteiger partial charge in [-0.3, -0.25) is 4.40 Å². The quantitative estimate of drug-likeness (QED) is 0.807. The zero-order valence-electron chi connectivity index (χ0n) is 10.8. The molecule has 100 valence electrons.